The Morgan fingerprint density at radius 2 is 2.50 bits per heavy atom. The van der Waals surface area contributed by atoms with Crippen LogP contribution in [0, 0.1) is 0 Å². The lowest BCUT2D eigenvalue weighted by Gasteiger charge is -2.25. The van der Waals surface area contributed by atoms with E-state index in [2.05, 4.69) is 15.6 Å². The highest BCUT2D eigenvalue weighted by Gasteiger charge is 2.22. The molecule has 1 aliphatic heterocycles. The van der Waals surface area contributed by atoms with Crippen molar-refractivity contribution in [1.82, 2.24) is 14.9 Å². The second kappa shape index (κ2) is 4.73. The fraction of sp³-hybridized carbons (Fsp3) is 0.667. The molecular formula is C9H14N4O2S. The molecule has 16 heavy (non-hydrogen) atoms. The van der Waals surface area contributed by atoms with E-state index in [1.54, 1.807) is 11.8 Å². The third-order valence-corrected chi connectivity index (χ3v) is 3.54. The number of thioether (sulfide) groups is 1. The smallest absolute Gasteiger partial charge is 0.303 e. The zero-order valence-electron chi connectivity index (χ0n) is 9.01. The number of nitrogens with one attached hydrogen (secondary N) is 1. The number of aliphatic carboxylic acids is 1. The first kappa shape index (κ1) is 11.3. The Kier molecular flexibility index (Phi) is 3.33. The van der Waals surface area contributed by atoms with E-state index in [0.29, 0.717) is 6.42 Å². The molecule has 0 aromatic carbocycles. The van der Waals surface area contributed by atoms with Gasteiger partial charge in [0.2, 0.25) is 5.16 Å². The lowest BCUT2D eigenvalue weighted by Crippen LogP contribution is -2.35. The number of carboxylic acid groups (broad SMARTS) is 1. The molecule has 1 atom stereocenters. The summed E-state index contributed by atoms with van der Waals surface area (Å²) >= 11 is 1.62. The summed E-state index contributed by atoms with van der Waals surface area (Å²) in [6.07, 6.45) is 1.63. The molecule has 1 aromatic rings. The molecule has 0 saturated carbocycles. The van der Waals surface area contributed by atoms with Crippen molar-refractivity contribution < 1.29 is 9.90 Å². The average Bonchev–Trinajstić information content (AvgIpc) is 2.68. The summed E-state index contributed by atoms with van der Waals surface area (Å²) in [5, 5.41) is 17.6. The van der Waals surface area contributed by atoms with Crippen LogP contribution in [0.1, 0.15) is 25.6 Å². The van der Waals surface area contributed by atoms with Crippen LogP contribution >= 0.6 is 11.8 Å². The number of aryl methyl sites for hydroxylation is 1. The van der Waals surface area contributed by atoms with Gasteiger partial charge in [-0.3, -0.25) is 4.79 Å². The van der Waals surface area contributed by atoms with Gasteiger partial charge in [-0.05, 0) is 6.42 Å². The van der Waals surface area contributed by atoms with Crippen molar-refractivity contribution in [1.29, 1.82) is 0 Å². The predicted octanol–water partition coefficient (Wildman–Crippen LogP) is 0.723. The van der Waals surface area contributed by atoms with Gasteiger partial charge in [-0.2, -0.15) is 0 Å². The van der Waals surface area contributed by atoms with Crippen LogP contribution in [0.15, 0.2) is 5.16 Å². The number of rotatable bonds is 4. The molecule has 2 heterocycles. The van der Waals surface area contributed by atoms with Gasteiger partial charge in [0.15, 0.2) is 5.82 Å². The van der Waals surface area contributed by atoms with E-state index in [1.165, 1.54) is 0 Å². The molecule has 0 fully saturated rings. The van der Waals surface area contributed by atoms with Crippen LogP contribution in [0.25, 0.3) is 0 Å². The number of fused-ring (bicyclic) bond motifs is 1. The van der Waals surface area contributed by atoms with Crippen molar-refractivity contribution in [3.63, 3.8) is 0 Å². The maximum Gasteiger partial charge on any atom is 0.303 e. The summed E-state index contributed by atoms with van der Waals surface area (Å²) in [6.45, 7) is 2.02. The Morgan fingerprint density at radius 3 is 3.19 bits per heavy atom. The molecule has 6 nitrogen and oxygen atoms in total. The summed E-state index contributed by atoms with van der Waals surface area (Å²) in [6, 6.07) is 0.176. The molecule has 7 heteroatoms. The van der Waals surface area contributed by atoms with E-state index in [4.69, 9.17) is 5.11 Å². The fourth-order valence-electron chi connectivity index (χ4n) is 1.59. The number of nitrogens with zero attached hydrogens (tertiary/aromatic N) is 3. The summed E-state index contributed by atoms with van der Waals surface area (Å²) in [5.74, 6) is 0.981. The number of carboxylic acids is 1. The van der Waals surface area contributed by atoms with Gasteiger partial charge in [-0.25, -0.2) is 4.68 Å². The second-order valence-corrected chi connectivity index (χ2v) is 4.64. The summed E-state index contributed by atoms with van der Waals surface area (Å²) in [4.78, 5) is 10.5. The minimum absolute atomic E-state index is 0.176. The Balaban J connectivity index is 2.01. The summed E-state index contributed by atoms with van der Waals surface area (Å²) in [5.41, 5.74) is 3.26. The van der Waals surface area contributed by atoms with Crippen molar-refractivity contribution in [2.75, 3.05) is 11.2 Å². The Hall–Kier alpha value is -1.24. The standard InChI is InChI=1S/C9H14N4O2S/c1-2-7-10-11-9-13(7)12-6(5-16-9)3-4-8(14)15/h6,12H,2-5H2,1H3,(H,14,15). The van der Waals surface area contributed by atoms with E-state index in [0.717, 1.165) is 23.2 Å². The average molecular weight is 242 g/mol. The highest BCUT2D eigenvalue weighted by atomic mass is 32.2. The molecule has 1 aliphatic rings. The van der Waals surface area contributed by atoms with Crippen LogP contribution in [0.3, 0.4) is 0 Å². The minimum Gasteiger partial charge on any atom is -0.481 e. The van der Waals surface area contributed by atoms with Crippen LogP contribution in [0.2, 0.25) is 0 Å². The van der Waals surface area contributed by atoms with Gasteiger partial charge in [-0.1, -0.05) is 18.7 Å². The highest BCUT2D eigenvalue weighted by Crippen LogP contribution is 2.23. The first-order valence-electron chi connectivity index (χ1n) is 5.26. The molecule has 0 spiro atoms. The van der Waals surface area contributed by atoms with Gasteiger partial charge in [0, 0.05) is 18.6 Å². The van der Waals surface area contributed by atoms with Gasteiger partial charge in [0.05, 0.1) is 6.04 Å². The van der Waals surface area contributed by atoms with Crippen molar-refractivity contribution in [2.24, 2.45) is 0 Å². The van der Waals surface area contributed by atoms with Gasteiger partial charge in [-0.15, -0.1) is 10.2 Å². The summed E-state index contributed by atoms with van der Waals surface area (Å²) < 4.78 is 1.88. The van der Waals surface area contributed by atoms with Gasteiger partial charge < -0.3 is 10.5 Å². The predicted molar refractivity (Wildman–Crippen MR) is 60.1 cm³/mol. The summed E-state index contributed by atoms with van der Waals surface area (Å²) in [7, 11) is 0. The Bertz CT molecular complexity index is 379. The Labute approximate surface area is 97.4 Å². The number of carbonyl (C=O) groups is 1. The van der Waals surface area contributed by atoms with Crippen LogP contribution in [0.4, 0.5) is 0 Å². The molecule has 1 unspecified atom stereocenters. The van der Waals surface area contributed by atoms with E-state index < -0.39 is 5.97 Å². The normalized spacial score (nSPS) is 18.9. The van der Waals surface area contributed by atoms with Gasteiger partial charge in [0.1, 0.15) is 0 Å². The maximum absolute atomic E-state index is 10.5. The zero-order chi connectivity index (χ0) is 11.5. The molecule has 0 amide bonds. The van der Waals surface area contributed by atoms with Crippen LogP contribution in [-0.4, -0.2) is 37.7 Å². The fourth-order valence-corrected chi connectivity index (χ4v) is 2.57. The van der Waals surface area contributed by atoms with Crippen LogP contribution < -0.4 is 5.43 Å². The van der Waals surface area contributed by atoms with Crippen LogP contribution in [0.5, 0.6) is 0 Å². The van der Waals surface area contributed by atoms with Gasteiger partial charge >= 0.3 is 5.97 Å². The lowest BCUT2D eigenvalue weighted by molar-refractivity contribution is -0.137. The number of aromatic nitrogens is 3. The van der Waals surface area contributed by atoms with Crippen molar-refractivity contribution in [3.8, 4) is 0 Å². The van der Waals surface area contributed by atoms with E-state index in [1.807, 2.05) is 11.6 Å². The molecule has 0 aliphatic carbocycles. The molecule has 0 radical (unpaired) electrons. The number of hydrogen-bond acceptors (Lipinski definition) is 5. The lowest BCUT2D eigenvalue weighted by atomic mass is 10.2. The zero-order valence-corrected chi connectivity index (χ0v) is 9.83. The van der Waals surface area contributed by atoms with Crippen LogP contribution in [-0.2, 0) is 11.2 Å². The Morgan fingerprint density at radius 1 is 1.69 bits per heavy atom. The molecule has 88 valence electrons. The third kappa shape index (κ3) is 2.29. The van der Waals surface area contributed by atoms with E-state index in [-0.39, 0.29) is 12.5 Å². The number of hydrogen-bond donors (Lipinski definition) is 2. The topological polar surface area (TPSA) is 80.0 Å². The third-order valence-electron chi connectivity index (χ3n) is 2.45. The minimum atomic E-state index is -0.753. The highest BCUT2D eigenvalue weighted by molar-refractivity contribution is 7.99. The molecule has 2 N–H and O–H groups in total. The first-order valence-corrected chi connectivity index (χ1v) is 6.24. The van der Waals surface area contributed by atoms with Gasteiger partial charge in [0.25, 0.3) is 0 Å². The van der Waals surface area contributed by atoms with Crippen molar-refractivity contribution in [3.05, 3.63) is 5.82 Å². The van der Waals surface area contributed by atoms with Crippen molar-refractivity contribution >= 4 is 17.7 Å². The SMILES string of the molecule is CCc1nnc2n1NC(CCC(=O)O)CS2. The first-order chi connectivity index (χ1) is 7.70. The van der Waals surface area contributed by atoms with E-state index >= 15 is 0 Å². The molecular weight excluding hydrogens is 228 g/mol. The quantitative estimate of drug-likeness (QED) is 0.810. The van der Waals surface area contributed by atoms with E-state index in [9.17, 15) is 4.79 Å². The maximum atomic E-state index is 10.5. The monoisotopic (exact) mass is 242 g/mol. The molecule has 2 rings (SSSR count). The molecule has 0 bridgehead atoms. The molecule has 1 aromatic heterocycles. The second-order valence-electron chi connectivity index (χ2n) is 3.66. The largest absolute Gasteiger partial charge is 0.481 e. The molecule has 0 saturated heterocycles. The van der Waals surface area contributed by atoms with Crippen molar-refractivity contribution in [2.45, 2.75) is 37.4 Å².